The van der Waals surface area contributed by atoms with Gasteiger partial charge in [0.05, 0.1) is 7.11 Å². The van der Waals surface area contributed by atoms with Crippen LogP contribution >= 0.6 is 11.8 Å². The van der Waals surface area contributed by atoms with Crippen molar-refractivity contribution in [2.45, 2.75) is 31.0 Å². The Labute approximate surface area is 150 Å². The van der Waals surface area contributed by atoms with Gasteiger partial charge in [0.15, 0.2) is 5.78 Å². The lowest BCUT2D eigenvalue weighted by Gasteiger charge is -2.34. The first kappa shape index (κ1) is 16.2. The SMILES string of the molecule is COc1ccc([C@@H]2C3=C(C[C@@H](C)CC3=O)Nc3nc(SC)nn32)cc1. The summed E-state index contributed by atoms with van der Waals surface area (Å²) in [6.07, 6.45) is 3.38. The average molecular weight is 356 g/mol. The normalized spacial score (nSPS) is 22.3. The number of ether oxygens (including phenoxy) is 1. The molecule has 1 aliphatic carbocycles. The summed E-state index contributed by atoms with van der Waals surface area (Å²) < 4.78 is 7.09. The Morgan fingerprint density at radius 1 is 1.28 bits per heavy atom. The Morgan fingerprint density at radius 2 is 2.04 bits per heavy atom. The highest BCUT2D eigenvalue weighted by molar-refractivity contribution is 7.98. The van der Waals surface area contributed by atoms with Crippen molar-refractivity contribution in [1.29, 1.82) is 0 Å². The molecule has 7 heteroatoms. The van der Waals surface area contributed by atoms with Gasteiger partial charge in [-0.3, -0.25) is 4.79 Å². The molecule has 1 aromatic carbocycles. The number of hydrogen-bond donors (Lipinski definition) is 1. The van der Waals surface area contributed by atoms with Crippen molar-refractivity contribution in [2.24, 2.45) is 5.92 Å². The zero-order valence-electron chi connectivity index (χ0n) is 14.4. The zero-order chi connectivity index (χ0) is 17.6. The van der Waals surface area contributed by atoms with E-state index >= 15 is 0 Å². The molecule has 1 aromatic heterocycles. The van der Waals surface area contributed by atoms with Crippen LogP contribution in [0.3, 0.4) is 0 Å². The molecule has 25 heavy (non-hydrogen) atoms. The second-order valence-electron chi connectivity index (χ2n) is 6.50. The van der Waals surface area contributed by atoms with Crippen LogP contribution in [0.5, 0.6) is 5.75 Å². The highest BCUT2D eigenvalue weighted by atomic mass is 32.2. The minimum absolute atomic E-state index is 0.189. The minimum atomic E-state index is -0.245. The molecule has 0 saturated heterocycles. The van der Waals surface area contributed by atoms with Crippen LogP contribution in [0.2, 0.25) is 0 Å². The van der Waals surface area contributed by atoms with E-state index in [1.54, 1.807) is 7.11 Å². The molecule has 0 saturated carbocycles. The third-order valence-corrected chi connectivity index (χ3v) is 5.26. The molecule has 0 spiro atoms. The molecule has 0 radical (unpaired) electrons. The number of nitrogens with one attached hydrogen (secondary N) is 1. The average Bonchev–Trinajstić information content (AvgIpc) is 3.02. The summed E-state index contributed by atoms with van der Waals surface area (Å²) in [5.74, 6) is 2.02. The molecule has 130 valence electrons. The van der Waals surface area contributed by atoms with Crippen LogP contribution < -0.4 is 10.1 Å². The monoisotopic (exact) mass is 356 g/mol. The summed E-state index contributed by atoms with van der Waals surface area (Å²) >= 11 is 1.49. The first-order valence-corrected chi connectivity index (χ1v) is 9.51. The maximum Gasteiger partial charge on any atom is 0.227 e. The summed E-state index contributed by atoms with van der Waals surface area (Å²) in [7, 11) is 1.65. The number of allylic oxidation sites excluding steroid dienone is 2. The first-order valence-electron chi connectivity index (χ1n) is 8.28. The third-order valence-electron chi connectivity index (χ3n) is 4.72. The minimum Gasteiger partial charge on any atom is -0.497 e. The van der Waals surface area contributed by atoms with E-state index in [0.717, 1.165) is 29.0 Å². The first-order chi connectivity index (χ1) is 12.1. The molecule has 2 aliphatic rings. The van der Waals surface area contributed by atoms with Gasteiger partial charge in [-0.05, 0) is 36.3 Å². The summed E-state index contributed by atoms with van der Waals surface area (Å²) in [6, 6.07) is 7.58. The number of benzene rings is 1. The molecule has 6 nitrogen and oxygen atoms in total. The van der Waals surface area contributed by atoms with E-state index < -0.39 is 0 Å². The maximum atomic E-state index is 12.8. The fourth-order valence-corrected chi connectivity index (χ4v) is 3.92. The molecule has 1 aliphatic heterocycles. The van der Waals surface area contributed by atoms with E-state index in [-0.39, 0.29) is 11.8 Å². The number of carbonyl (C=O) groups excluding carboxylic acids is 1. The molecule has 0 fully saturated rings. The summed E-state index contributed by atoms with van der Waals surface area (Å²) in [5, 5.41) is 8.65. The second kappa shape index (κ2) is 6.22. The van der Waals surface area contributed by atoms with Crippen molar-refractivity contribution in [3.63, 3.8) is 0 Å². The topological polar surface area (TPSA) is 69.0 Å². The van der Waals surface area contributed by atoms with Gasteiger partial charge in [-0.25, -0.2) is 4.68 Å². The number of aromatic nitrogens is 3. The third kappa shape index (κ3) is 2.72. The van der Waals surface area contributed by atoms with Crippen molar-refractivity contribution in [3.8, 4) is 5.75 Å². The fraction of sp³-hybridized carbons (Fsp3) is 0.389. The largest absolute Gasteiger partial charge is 0.497 e. The molecule has 0 amide bonds. The Bertz CT molecular complexity index is 856. The van der Waals surface area contributed by atoms with E-state index in [1.165, 1.54) is 11.8 Å². The second-order valence-corrected chi connectivity index (χ2v) is 7.27. The number of anilines is 1. The Kier molecular flexibility index (Phi) is 4.03. The van der Waals surface area contributed by atoms with Crippen molar-refractivity contribution in [2.75, 3.05) is 18.7 Å². The zero-order valence-corrected chi connectivity index (χ0v) is 15.3. The number of thioether (sulfide) groups is 1. The smallest absolute Gasteiger partial charge is 0.227 e. The van der Waals surface area contributed by atoms with E-state index in [2.05, 4.69) is 22.3 Å². The molecule has 0 unspecified atom stereocenters. The number of nitrogens with zero attached hydrogens (tertiary/aromatic N) is 3. The van der Waals surface area contributed by atoms with E-state index in [0.29, 0.717) is 23.4 Å². The van der Waals surface area contributed by atoms with Gasteiger partial charge in [-0.15, -0.1) is 5.10 Å². The molecular weight excluding hydrogens is 336 g/mol. The van der Waals surface area contributed by atoms with Gasteiger partial charge >= 0.3 is 0 Å². The van der Waals surface area contributed by atoms with E-state index in [9.17, 15) is 4.79 Å². The van der Waals surface area contributed by atoms with Crippen LogP contribution in [0.25, 0.3) is 0 Å². The highest BCUT2D eigenvalue weighted by Crippen LogP contribution is 2.41. The van der Waals surface area contributed by atoms with Crippen molar-refractivity contribution >= 4 is 23.5 Å². The van der Waals surface area contributed by atoms with Gasteiger partial charge in [-0.1, -0.05) is 30.8 Å². The van der Waals surface area contributed by atoms with Crippen molar-refractivity contribution in [3.05, 3.63) is 41.1 Å². The number of Topliss-reactive ketones (excluding diaryl/α,β-unsaturated/α-hetero) is 1. The standard InChI is InChI=1S/C18H20N4O2S/c1-10-8-13-15(14(23)9-10)16(11-4-6-12(24-2)7-5-11)22-17(19-13)20-18(21-22)25-3/h4-7,10,16H,8-9H2,1-3H3,(H,19,20,21)/t10-,16-/m1/s1. The van der Waals surface area contributed by atoms with Crippen LogP contribution in [0, 0.1) is 5.92 Å². The van der Waals surface area contributed by atoms with Crippen LogP contribution in [-0.4, -0.2) is 33.9 Å². The predicted octanol–water partition coefficient (Wildman–Crippen LogP) is 3.28. The lowest BCUT2D eigenvalue weighted by atomic mass is 9.81. The summed E-state index contributed by atoms with van der Waals surface area (Å²) in [4.78, 5) is 17.4. The van der Waals surface area contributed by atoms with E-state index in [1.807, 2.05) is 35.2 Å². The Balaban J connectivity index is 1.87. The van der Waals surface area contributed by atoms with Crippen LogP contribution in [0.15, 0.2) is 40.7 Å². The van der Waals surface area contributed by atoms with Gasteiger partial charge < -0.3 is 10.1 Å². The van der Waals surface area contributed by atoms with Gasteiger partial charge in [0.1, 0.15) is 11.8 Å². The van der Waals surface area contributed by atoms with Crippen LogP contribution in [-0.2, 0) is 4.79 Å². The number of ketones is 1. The lowest BCUT2D eigenvalue weighted by molar-refractivity contribution is -0.117. The van der Waals surface area contributed by atoms with E-state index in [4.69, 9.17) is 4.74 Å². The number of carbonyl (C=O) groups is 1. The molecule has 2 aromatic rings. The number of methoxy groups -OCH3 is 1. The Hall–Kier alpha value is -2.28. The molecule has 0 bridgehead atoms. The molecule has 1 N–H and O–H groups in total. The summed E-state index contributed by atoms with van der Waals surface area (Å²) in [6.45, 7) is 2.11. The van der Waals surface area contributed by atoms with Gasteiger partial charge in [0.25, 0.3) is 0 Å². The number of rotatable bonds is 3. The predicted molar refractivity (Wildman–Crippen MR) is 97.0 cm³/mol. The van der Waals surface area contributed by atoms with Gasteiger partial charge in [0, 0.05) is 17.7 Å². The molecule has 2 heterocycles. The van der Waals surface area contributed by atoms with Crippen molar-refractivity contribution in [1.82, 2.24) is 14.8 Å². The molecule has 2 atom stereocenters. The lowest BCUT2D eigenvalue weighted by Crippen LogP contribution is -2.33. The van der Waals surface area contributed by atoms with Crippen LogP contribution in [0.1, 0.15) is 31.4 Å². The maximum absolute atomic E-state index is 12.8. The Morgan fingerprint density at radius 3 is 2.72 bits per heavy atom. The number of hydrogen-bond acceptors (Lipinski definition) is 6. The summed E-state index contributed by atoms with van der Waals surface area (Å²) in [5.41, 5.74) is 2.81. The van der Waals surface area contributed by atoms with Gasteiger partial charge in [-0.2, -0.15) is 4.98 Å². The quantitative estimate of drug-likeness (QED) is 0.851. The molecule has 4 rings (SSSR count). The fourth-order valence-electron chi connectivity index (χ4n) is 3.57. The number of fused-ring (bicyclic) bond motifs is 1. The van der Waals surface area contributed by atoms with Gasteiger partial charge in [0.2, 0.25) is 11.1 Å². The highest BCUT2D eigenvalue weighted by Gasteiger charge is 2.38. The molecular formula is C18H20N4O2S. The van der Waals surface area contributed by atoms with Crippen molar-refractivity contribution < 1.29 is 9.53 Å². The van der Waals surface area contributed by atoms with Crippen LogP contribution in [0.4, 0.5) is 5.95 Å².